The van der Waals surface area contributed by atoms with Crippen molar-refractivity contribution >= 4 is 32.6 Å². The number of nitrogens with zero attached hydrogens (tertiary/aromatic N) is 2. The van der Waals surface area contributed by atoms with Crippen LogP contribution in [0, 0.1) is 5.82 Å². The van der Waals surface area contributed by atoms with Gasteiger partial charge in [0, 0.05) is 29.1 Å². The van der Waals surface area contributed by atoms with Crippen LogP contribution >= 0.6 is 0 Å². The molecule has 0 bridgehead atoms. The van der Waals surface area contributed by atoms with Crippen LogP contribution in [0.15, 0.2) is 23.0 Å². The molecule has 11 nitrogen and oxygen atoms in total. The van der Waals surface area contributed by atoms with Gasteiger partial charge in [0.05, 0.1) is 47.1 Å². The molecule has 0 fully saturated rings. The minimum atomic E-state index is -3.83. The Hall–Kier alpha value is -3.39. The zero-order valence-corrected chi connectivity index (χ0v) is 20.0. The number of aromatic nitrogens is 2. The molecule has 0 unspecified atom stereocenters. The first-order chi connectivity index (χ1) is 17.0. The number of hydrogen-bond donors (Lipinski definition) is 4. The molecule has 0 saturated carbocycles. The maximum atomic E-state index is 14.3. The number of rotatable bonds is 6. The van der Waals surface area contributed by atoms with Gasteiger partial charge in [0.15, 0.2) is 5.60 Å². The van der Waals surface area contributed by atoms with Crippen LogP contribution in [0.3, 0.4) is 0 Å². The number of hydrogen-bond acceptors (Lipinski definition) is 9. The molecule has 0 spiro atoms. The van der Waals surface area contributed by atoms with E-state index >= 15 is 0 Å². The summed E-state index contributed by atoms with van der Waals surface area (Å²) in [4.78, 5) is 30.3. The fourth-order valence-electron chi connectivity index (χ4n) is 4.78. The Morgan fingerprint density at radius 3 is 2.72 bits per heavy atom. The normalized spacial score (nSPS) is 18.6. The maximum Gasteiger partial charge on any atom is 0.343 e. The standard InChI is InChI=1S/C23H23FN4O7S/c1-2-23(32)15-6-19-20-13(9-28(19)21(30)14(15)10-35-22(23)31)12(8-26-36(33,34)4-3-29)11-5-17(25)16(24)7-18(11)27-20/h5-7,26,29,32H,2-4,8-10,25H2,1H3/t23-/m0/s1. The van der Waals surface area contributed by atoms with Gasteiger partial charge in [-0.3, -0.25) is 4.79 Å². The van der Waals surface area contributed by atoms with Gasteiger partial charge in [-0.25, -0.2) is 27.3 Å². The van der Waals surface area contributed by atoms with Crippen molar-refractivity contribution in [3.8, 4) is 11.4 Å². The third-order valence-electron chi connectivity index (χ3n) is 6.75. The third-order valence-corrected chi connectivity index (χ3v) is 8.06. The number of sulfonamides is 1. The zero-order chi connectivity index (χ0) is 26.0. The summed E-state index contributed by atoms with van der Waals surface area (Å²) in [5, 5.41) is 20.5. The first kappa shape index (κ1) is 24.3. The first-order valence-corrected chi connectivity index (χ1v) is 12.8. The second-order valence-electron chi connectivity index (χ2n) is 8.78. The Morgan fingerprint density at radius 1 is 1.28 bits per heavy atom. The van der Waals surface area contributed by atoms with Gasteiger partial charge in [0.1, 0.15) is 12.4 Å². The van der Waals surface area contributed by atoms with Gasteiger partial charge in [-0.05, 0) is 24.1 Å². The summed E-state index contributed by atoms with van der Waals surface area (Å²) in [6.45, 7) is 0.516. The minimum absolute atomic E-state index is 0.0204. The lowest BCUT2D eigenvalue weighted by Crippen LogP contribution is -2.44. The van der Waals surface area contributed by atoms with Crippen LogP contribution < -0.4 is 16.0 Å². The van der Waals surface area contributed by atoms with E-state index in [1.54, 1.807) is 6.92 Å². The van der Waals surface area contributed by atoms with Crippen LogP contribution in [0.2, 0.25) is 0 Å². The molecule has 0 radical (unpaired) electrons. The lowest BCUT2D eigenvalue weighted by Gasteiger charge is -2.31. The highest BCUT2D eigenvalue weighted by Gasteiger charge is 2.45. The van der Waals surface area contributed by atoms with E-state index in [2.05, 4.69) is 9.71 Å². The molecule has 36 heavy (non-hydrogen) atoms. The minimum Gasteiger partial charge on any atom is -0.458 e. The van der Waals surface area contributed by atoms with E-state index in [0.29, 0.717) is 27.9 Å². The third kappa shape index (κ3) is 3.58. The molecular formula is C23H23FN4O7S. The summed E-state index contributed by atoms with van der Waals surface area (Å²) in [5.41, 5.74) is 5.10. The second-order valence-corrected chi connectivity index (χ2v) is 10.7. The van der Waals surface area contributed by atoms with Crippen molar-refractivity contribution in [3.05, 3.63) is 56.6 Å². The lowest BCUT2D eigenvalue weighted by molar-refractivity contribution is -0.172. The highest BCUT2D eigenvalue weighted by atomic mass is 32.2. The number of anilines is 1. The number of aliphatic hydroxyl groups excluding tert-OH is 1. The predicted octanol–water partition coefficient (Wildman–Crippen LogP) is 0.213. The first-order valence-electron chi connectivity index (χ1n) is 11.2. The molecule has 190 valence electrons. The molecule has 4 heterocycles. The maximum absolute atomic E-state index is 14.3. The summed E-state index contributed by atoms with van der Waals surface area (Å²) in [6, 6.07) is 3.99. The number of carbonyl (C=O) groups is 1. The molecule has 0 aliphatic carbocycles. The Bertz CT molecular complexity index is 1620. The molecule has 5 N–H and O–H groups in total. The van der Waals surface area contributed by atoms with Crippen LogP contribution in [0.5, 0.6) is 0 Å². The summed E-state index contributed by atoms with van der Waals surface area (Å²) >= 11 is 0. The largest absolute Gasteiger partial charge is 0.458 e. The fraction of sp³-hybridized carbons (Fsp3) is 0.348. The van der Waals surface area contributed by atoms with Crippen molar-refractivity contribution in [1.82, 2.24) is 14.3 Å². The summed E-state index contributed by atoms with van der Waals surface area (Å²) in [6.07, 6.45) is -0.0257. The number of nitrogens with two attached hydrogens (primary N) is 1. The van der Waals surface area contributed by atoms with Gasteiger partial charge in [0.25, 0.3) is 5.56 Å². The van der Waals surface area contributed by atoms with E-state index in [9.17, 15) is 27.5 Å². The number of nitrogen functional groups attached to an aromatic ring is 1. The molecule has 13 heteroatoms. The van der Waals surface area contributed by atoms with Crippen LogP contribution in [0.1, 0.15) is 35.6 Å². The van der Waals surface area contributed by atoms with E-state index < -0.39 is 45.3 Å². The average molecular weight is 519 g/mol. The number of pyridine rings is 2. The molecule has 0 amide bonds. The summed E-state index contributed by atoms with van der Waals surface area (Å²) in [5.74, 6) is -2.08. The van der Waals surface area contributed by atoms with Gasteiger partial charge in [0.2, 0.25) is 10.0 Å². The SMILES string of the molecule is CC[C@@]1(O)C(=O)OCc2c1cc1n(c2=O)Cc2c-1nc1cc(F)c(N)cc1c2CNS(=O)(=O)CCO. The van der Waals surface area contributed by atoms with Gasteiger partial charge in [-0.2, -0.15) is 0 Å². The van der Waals surface area contributed by atoms with Crippen molar-refractivity contribution in [2.24, 2.45) is 0 Å². The summed E-state index contributed by atoms with van der Waals surface area (Å²) in [7, 11) is -3.83. The number of cyclic esters (lactones) is 1. The molecule has 5 rings (SSSR count). The topological polar surface area (TPSA) is 174 Å². The van der Waals surface area contributed by atoms with E-state index in [0.717, 1.165) is 6.07 Å². The average Bonchev–Trinajstić information content (AvgIpc) is 3.19. The van der Waals surface area contributed by atoms with Crippen molar-refractivity contribution in [2.45, 2.75) is 38.6 Å². The highest BCUT2D eigenvalue weighted by Crippen LogP contribution is 2.40. The molecule has 3 aromatic rings. The molecule has 1 aromatic carbocycles. The Labute approximate surface area is 204 Å². The van der Waals surface area contributed by atoms with E-state index in [1.165, 1.54) is 16.7 Å². The Kier molecular flexibility index (Phi) is 5.63. The van der Waals surface area contributed by atoms with Crippen molar-refractivity contribution in [2.75, 3.05) is 18.1 Å². The smallest absolute Gasteiger partial charge is 0.343 e. The molecule has 2 aliphatic rings. The van der Waals surface area contributed by atoms with Crippen LogP contribution in [0.25, 0.3) is 22.3 Å². The highest BCUT2D eigenvalue weighted by molar-refractivity contribution is 7.89. The van der Waals surface area contributed by atoms with Crippen molar-refractivity contribution in [3.63, 3.8) is 0 Å². The quantitative estimate of drug-likeness (QED) is 0.205. The lowest BCUT2D eigenvalue weighted by atomic mass is 9.86. The monoisotopic (exact) mass is 518 g/mol. The number of aliphatic hydroxyl groups is 2. The number of halogens is 1. The predicted molar refractivity (Wildman–Crippen MR) is 127 cm³/mol. The van der Waals surface area contributed by atoms with E-state index in [4.69, 9.17) is 15.6 Å². The Morgan fingerprint density at radius 2 is 2.03 bits per heavy atom. The number of nitrogens with one attached hydrogen (secondary N) is 1. The van der Waals surface area contributed by atoms with Gasteiger partial charge in [-0.1, -0.05) is 6.92 Å². The molecule has 2 aliphatic heterocycles. The van der Waals surface area contributed by atoms with E-state index in [-0.39, 0.29) is 48.4 Å². The van der Waals surface area contributed by atoms with Gasteiger partial charge < -0.3 is 25.3 Å². The fourth-order valence-corrected chi connectivity index (χ4v) is 5.53. The van der Waals surface area contributed by atoms with Gasteiger partial charge in [-0.15, -0.1) is 0 Å². The van der Waals surface area contributed by atoms with Gasteiger partial charge >= 0.3 is 5.97 Å². The number of esters is 1. The molecule has 2 aromatic heterocycles. The van der Waals surface area contributed by atoms with Crippen LogP contribution in [-0.2, 0) is 44.9 Å². The second kappa shape index (κ2) is 8.34. The number of carbonyl (C=O) groups excluding carboxylic acids is 1. The van der Waals surface area contributed by atoms with Crippen molar-refractivity contribution in [1.29, 1.82) is 0 Å². The number of fused-ring (bicyclic) bond motifs is 5. The van der Waals surface area contributed by atoms with Crippen molar-refractivity contribution < 1.29 is 32.6 Å². The number of benzene rings is 1. The molecule has 0 saturated heterocycles. The summed E-state index contributed by atoms with van der Waals surface area (Å²) < 4.78 is 47.7. The molecule has 1 atom stereocenters. The Balaban J connectivity index is 1.76. The van der Waals surface area contributed by atoms with E-state index in [1.807, 2.05) is 0 Å². The zero-order valence-electron chi connectivity index (χ0n) is 19.2. The van der Waals surface area contributed by atoms with Crippen LogP contribution in [0.4, 0.5) is 10.1 Å². The van der Waals surface area contributed by atoms with Crippen LogP contribution in [-0.4, -0.2) is 46.5 Å². The molecular weight excluding hydrogens is 495 g/mol. The number of ether oxygens (including phenoxy) is 1.